The zero-order valence-corrected chi connectivity index (χ0v) is 7.40. The van der Waals surface area contributed by atoms with E-state index in [4.69, 9.17) is 11.1 Å². The van der Waals surface area contributed by atoms with Crippen LogP contribution in [-0.4, -0.2) is 26.6 Å². The number of hydrogen-bond acceptors (Lipinski definition) is 3. The number of rotatable bonds is 4. The molecule has 0 fully saturated rings. The van der Waals surface area contributed by atoms with E-state index in [9.17, 15) is 8.42 Å². The van der Waals surface area contributed by atoms with Crippen molar-refractivity contribution in [3.63, 3.8) is 0 Å². The van der Waals surface area contributed by atoms with Gasteiger partial charge in [0.15, 0.2) is 0 Å². The number of hydrogen-bond donors (Lipinski definition) is 3. The molecule has 0 bridgehead atoms. The maximum Gasteiger partial charge on any atom is 0.208 e. The predicted octanol–water partition coefficient (Wildman–Crippen LogP) is -0.750. The minimum atomic E-state index is -3.17. The number of amidine groups is 1. The van der Waals surface area contributed by atoms with Gasteiger partial charge in [-0.3, -0.25) is 5.41 Å². The Morgan fingerprint density at radius 3 is 2.45 bits per heavy atom. The second-order valence-corrected chi connectivity index (χ2v) is 4.30. The molecular weight excluding hydrogens is 166 g/mol. The molecule has 0 saturated carbocycles. The van der Waals surface area contributed by atoms with Crippen LogP contribution in [0.2, 0.25) is 0 Å². The number of sulfonamides is 1. The molecule has 0 rings (SSSR count). The van der Waals surface area contributed by atoms with Gasteiger partial charge in [0.2, 0.25) is 10.0 Å². The Bertz CT molecular complexity index is 234. The van der Waals surface area contributed by atoms with E-state index >= 15 is 0 Å². The maximum atomic E-state index is 10.6. The molecule has 0 saturated heterocycles. The van der Waals surface area contributed by atoms with Gasteiger partial charge in [-0.05, 0) is 6.92 Å². The van der Waals surface area contributed by atoms with Crippen LogP contribution in [0.1, 0.15) is 13.3 Å². The van der Waals surface area contributed by atoms with Crippen molar-refractivity contribution in [1.29, 1.82) is 5.41 Å². The van der Waals surface area contributed by atoms with Crippen LogP contribution in [0.15, 0.2) is 0 Å². The molecule has 11 heavy (non-hydrogen) atoms. The average molecular weight is 179 g/mol. The topological polar surface area (TPSA) is 96.0 Å². The highest BCUT2D eigenvalue weighted by atomic mass is 32.2. The van der Waals surface area contributed by atoms with Crippen molar-refractivity contribution < 1.29 is 8.42 Å². The van der Waals surface area contributed by atoms with Crippen LogP contribution in [0.25, 0.3) is 0 Å². The molecule has 0 aromatic rings. The van der Waals surface area contributed by atoms with E-state index in [2.05, 4.69) is 4.72 Å². The fourth-order valence-electron chi connectivity index (χ4n) is 0.737. The van der Waals surface area contributed by atoms with Crippen molar-refractivity contribution in [2.24, 2.45) is 5.73 Å². The summed E-state index contributed by atoms with van der Waals surface area (Å²) in [5.41, 5.74) is 5.06. The molecule has 0 aliphatic heterocycles. The molecule has 0 spiro atoms. The number of nitrogens with two attached hydrogens (primary N) is 1. The summed E-state index contributed by atoms with van der Waals surface area (Å²) in [6.45, 7) is 1.66. The van der Waals surface area contributed by atoms with E-state index in [1.54, 1.807) is 6.92 Å². The Hall–Kier alpha value is -0.620. The summed E-state index contributed by atoms with van der Waals surface area (Å²) in [6.07, 6.45) is 1.32. The van der Waals surface area contributed by atoms with Gasteiger partial charge < -0.3 is 5.73 Å². The first kappa shape index (κ1) is 10.4. The minimum absolute atomic E-state index is 0.0198. The van der Waals surface area contributed by atoms with Crippen LogP contribution in [-0.2, 0) is 10.0 Å². The SMILES string of the molecule is CC(CC(=N)N)NS(C)(=O)=O. The molecule has 0 aromatic carbocycles. The summed E-state index contributed by atoms with van der Waals surface area (Å²) >= 11 is 0. The molecule has 0 aliphatic carbocycles. The summed E-state index contributed by atoms with van der Waals surface area (Å²) in [5, 5.41) is 6.88. The first-order valence-corrected chi connectivity index (χ1v) is 5.00. The van der Waals surface area contributed by atoms with Gasteiger partial charge in [0.25, 0.3) is 0 Å². The molecule has 1 unspecified atom stereocenters. The van der Waals surface area contributed by atoms with E-state index in [0.29, 0.717) is 0 Å². The highest BCUT2D eigenvalue weighted by Gasteiger charge is 2.08. The lowest BCUT2D eigenvalue weighted by Gasteiger charge is -2.09. The van der Waals surface area contributed by atoms with E-state index in [0.717, 1.165) is 6.26 Å². The molecule has 1 atom stereocenters. The Labute approximate surface area is 66.5 Å². The summed E-state index contributed by atoms with van der Waals surface area (Å²) in [7, 11) is -3.17. The normalized spacial score (nSPS) is 14.4. The average Bonchev–Trinajstić information content (AvgIpc) is 1.53. The van der Waals surface area contributed by atoms with Crippen LogP contribution >= 0.6 is 0 Å². The summed E-state index contributed by atoms with van der Waals surface area (Å²) in [4.78, 5) is 0. The first-order chi connectivity index (χ1) is 4.81. The Morgan fingerprint density at radius 1 is 1.73 bits per heavy atom. The molecular formula is C5H13N3O2S. The molecule has 6 heteroatoms. The third kappa shape index (κ3) is 7.27. The maximum absolute atomic E-state index is 10.6. The van der Waals surface area contributed by atoms with Gasteiger partial charge in [0.05, 0.1) is 12.1 Å². The molecule has 4 N–H and O–H groups in total. The lowest BCUT2D eigenvalue weighted by atomic mass is 10.2. The monoisotopic (exact) mass is 179 g/mol. The quantitative estimate of drug-likeness (QED) is 0.391. The third-order valence-electron chi connectivity index (χ3n) is 0.941. The Kier molecular flexibility index (Phi) is 3.47. The van der Waals surface area contributed by atoms with Gasteiger partial charge in [-0.2, -0.15) is 0 Å². The molecule has 0 amide bonds. The van der Waals surface area contributed by atoms with E-state index in [-0.39, 0.29) is 18.3 Å². The highest BCUT2D eigenvalue weighted by Crippen LogP contribution is 1.90. The standard InChI is InChI=1S/C5H13N3O2S/c1-4(3-5(6)7)8-11(2,9)10/h4,8H,3H2,1-2H3,(H3,6,7). The van der Waals surface area contributed by atoms with E-state index in [1.165, 1.54) is 0 Å². The molecule has 0 heterocycles. The van der Waals surface area contributed by atoms with Gasteiger partial charge >= 0.3 is 0 Å². The second kappa shape index (κ2) is 3.68. The zero-order chi connectivity index (χ0) is 9.07. The molecule has 0 radical (unpaired) electrons. The first-order valence-electron chi connectivity index (χ1n) is 3.11. The van der Waals surface area contributed by atoms with Crippen molar-refractivity contribution in [3.8, 4) is 0 Å². The van der Waals surface area contributed by atoms with Gasteiger partial charge in [0.1, 0.15) is 0 Å². The molecule has 5 nitrogen and oxygen atoms in total. The van der Waals surface area contributed by atoms with Gasteiger partial charge in [0, 0.05) is 12.5 Å². The van der Waals surface area contributed by atoms with E-state index in [1.807, 2.05) is 0 Å². The summed E-state index contributed by atoms with van der Waals surface area (Å²) < 4.78 is 23.5. The van der Waals surface area contributed by atoms with Crippen molar-refractivity contribution in [3.05, 3.63) is 0 Å². The van der Waals surface area contributed by atoms with Gasteiger partial charge in [-0.1, -0.05) is 0 Å². The molecule has 0 aromatic heterocycles. The van der Waals surface area contributed by atoms with Crippen LogP contribution < -0.4 is 10.5 Å². The van der Waals surface area contributed by atoms with Crippen molar-refractivity contribution in [2.75, 3.05) is 6.26 Å². The molecule has 0 aliphatic rings. The van der Waals surface area contributed by atoms with Crippen LogP contribution in [0.4, 0.5) is 0 Å². The largest absolute Gasteiger partial charge is 0.388 e. The third-order valence-corrected chi connectivity index (χ3v) is 1.77. The summed E-state index contributed by atoms with van der Waals surface area (Å²) in [5.74, 6) is -0.0198. The van der Waals surface area contributed by atoms with Crippen molar-refractivity contribution in [1.82, 2.24) is 4.72 Å². The second-order valence-electron chi connectivity index (χ2n) is 2.52. The van der Waals surface area contributed by atoms with Gasteiger partial charge in [-0.25, -0.2) is 13.1 Å². The fourth-order valence-corrected chi connectivity index (χ4v) is 1.55. The Balaban J connectivity index is 3.89. The molecule has 66 valence electrons. The Morgan fingerprint density at radius 2 is 2.18 bits per heavy atom. The van der Waals surface area contributed by atoms with Crippen LogP contribution in [0.3, 0.4) is 0 Å². The van der Waals surface area contributed by atoms with Crippen LogP contribution in [0.5, 0.6) is 0 Å². The van der Waals surface area contributed by atoms with Crippen molar-refractivity contribution in [2.45, 2.75) is 19.4 Å². The van der Waals surface area contributed by atoms with Gasteiger partial charge in [-0.15, -0.1) is 0 Å². The van der Waals surface area contributed by atoms with Crippen LogP contribution in [0, 0.1) is 5.41 Å². The lowest BCUT2D eigenvalue weighted by molar-refractivity contribution is 0.570. The van der Waals surface area contributed by atoms with Crippen molar-refractivity contribution >= 4 is 15.9 Å². The predicted molar refractivity (Wildman–Crippen MR) is 44.0 cm³/mol. The lowest BCUT2D eigenvalue weighted by Crippen LogP contribution is -2.34. The fraction of sp³-hybridized carbons (Fsp3) is 0.800. The zero-order valence-electron chi connectivity index (χ0n) is 6.59. The highest BCUT2D eigenvalue weighted by molar-refractivity contribution is 7.88. The number of nitrogens with one attached hydrogen (secondary N) is 2. The minimum Gasteiger partial charge on any atom is -0.388 e. The van der Waals surface area contributed by atoms with E-state index < -0.39 is 10.0 Å². The summed E-state index contributed by atoms with van der Waals surface area (Å²) in [6, 6.07) is -0.303. The smallest absolute Gasteiger partial charge is 0.208 e.